The highest BCUT2D eigenvalue weighted by Crippen LogP contribution is 2.46. The van der Waals surface area contributed by atoms with Crippen LogP contribution in [-0.4, -0.2) is 140 Å². The Bertz CT molecular complexity index is 1330. The second-order valence-corrected chi connectivity index (χ2v) is 15.5. The summed E-state index contributed by atoms with van der Waals surface area (Å²) < 4.78 is 21.1. The quantitative estimate of drug-likeness (QED) is 0.0434. The zero-order chi connectivity index (χ0) is 45.1. The number of carbonyl (C=O) groups is 8. The maximum atomic E-state index is 12.5. The number of carbonyl (C=O) groups excluding carboxylic acids is 5. The standard InChI is InChI=1S/C42H72N4O15/c1-32(47)18-19-34(40(54)55)45-38(51)31-61-27-25-59-23-21-44-37(50)30-60-26-24-58-22-20-43-36(49)28-33-29-42(33,41(56)57)46-35(48)16-14-12-10-8-6-4-2-3-5-7-9-11-13-15-17-39(52)53/h33-34H,2-31H2,1H3,(H,43,49)(H,44,50)(H,45,51)(H,46,48)(H,52,53)(H,54,55)(H,56,57)/t33?,34-,42?/m0/s1. The second-order valence-electron chi connectivity index (χ2n) is 15.5. The summed E-state index contributed by atoms with van der Waals surface area (Å²) in [7, 11) is 0. The van der Waals surface area contributed by atoms with Crippen LogP contribution in [0.4, 0.5) is 0 Å². The van der Waals surface area contributed by atoms with Crippen molar-refractivity contribution in [3.8, 4) is 0 Å². The van der Waals surface area contributed by atoms with E-state index in [0.717, 1.165) is 44.9 Å². The first-order chi connectivity index (χ1) is 29.3. The molecule has 1 saturated carbocycles. The van der Waals surface area contributed by atoms with Crippen LogP contribution in [0.15, 0.2) is 0 Å². The van der Waals surface area contributed by atoms with Crippen molar-refractivity contribution in [2.24, 2.45) is 5.92 Å². The number of carboxylic acid groups (broad SMARTS) is 3. The van der Waals surface area contributed by atoms with E-state index in [1.54, 1.807) is 0 Å². The van der Waals surface area contributed by atoms with Crippen LogP contribution < -0.4 is 21.3 Å². The van der Waals surface area contributed by atoms with Gasteiger partial charge in [0.2, 0.25) is 23.6 Å². The number of rotatable bonds is 42. The molecule has 1 rings (SSSR count). The summed E-state index contributed by atoms with van der Waals surface area (Å²) in [5.41, 5.74) is -1.41. The summed E-state index contributed by atoms with van der Waals surface area (Å²) in [6, 6.07) is -1.18. The maximum Gasteiger partial charge on any atom is 0.329 e. The fourth-order valence-corrected chi connectivity index (χ4v) is 6.52. The van der Waals surface area contributed by atoms with Crippen molar-refractivity contribution in [2.45, 2.75) is 147 Å². The third-order valence-corrected chi connectivity index (χ3v) is 10.1. The van der Waals surface area contributed by atoms with Gasteiger partial charge in [-0.25, -0.2) is 9.59 Å². The van der Waals surface area contributed by atoms with Gasteiger partial charge >= 0.3 is 17.9 Å². The molecule has 1 aliphatic carbocycles. The van der Waals surface area contributed by atoms with E-state index >= 15 is 0 Å². The average molecular weight is 873 g/mol. The van der Waals surface area contributed by atoms with E-state index in [0.29, 0.717) is 6.42 Å². The minimum atomic E-state index is -1.41. The molecule has 0 spiro atoms. The van der Waals surface area contributed by atoms with Crippen molar-refractivity contribution >= 4 is 47.3 Å². The van der Waals surface area contributed by atoms with Gasteiger partial charge in [-0.3, -0.25) is 24.0 Å². The molecule has 3 atom stereocenters. The number of carboxylic acids is 3. The van der Waals surface area contributed by atoms with E-state index in [9.17, 15) is 43.5 Å². The lowest BCUT2D eigenvalue weighted by molar-refractivity contribution is -0.144. The number of aliphatic carboxylic acids is 3. The highest BCUT2D eigenvalue weighted by atomic mass is 16.5. The molecule has 0 aromatic heterocycles. The SMILES string of the molecule is CC(=O)CC[C@H](NC(=O)COCCOCCNC(=O)COCCOCCNC(=O)CC1CC1(NC(=O)CCCCCCCCCCCCCCCCC(=O)O)C(=O)O)C(=O)O. The molecule has 2 unspecified atom stereocenters. The Balaban J connectivity index is 1.98. The number of ketones is 1. The van der Waals surface area contributed by atoms with Gasteiger partial charge in [-0.2, -0.15) is 0 Å². The van der Waals surface area contributed by atoms with Crippen molar-refractivity contribution in [2.75, 3.05) is 65.9 Å². The maximum absolute atomic E-state index is 12.5. The molecule has 350 valence electrons. The third kappa shape index (κ3) is 29.7. The molecule has 19 heteroatoms. The monoisotopic (exact) mass is 872 g/mol. The number of hydrogen-bond acceptors (Lipinski definition) is 12. The van der Waals surface area contributed by atoms with Gasteiger partial charge in [-0.15, -0.1) is 0 Å². The molecule has 0 aliphatic heterocycles. The summed E-state index contributed by atoms with van der Waals surface area (Å²) in [6.45, 7) is 2.06. The lowest BCUT2D eigenvalue weighted by Crippen LogP contribution is -2.45. The molecule has 0 aromatic carbocycles. The van der Waals surface area contributed by atoms with Crippen molar-refractivity contribution < 1.29 is 72.6 Å². The predicted molar refractivity (Wildman–Crippen MR) is 222 cm³/mol. The van der Waals surface area contributed by atoms with Crippen LogP contribution in [0.2, 0.25) is 0 Å². The van der Waals surface area contributed by atoms with Crippen LogP contribution in [0.1, 0.15) is 135 Å². The minimum Gasteiger partial charge on any atom is -0.481 e. The molecule has 4 amide bonds. The van der Waals surface area contributed by atoms with Gasteiger partial charge < -0.3 is 60.3 Å². The smallest absolute Gasteiger partial charge is 0.329 e. The third-order valence-electron chi connectivity index (χ3n) is 10.1. The molecule has 0 radical (unpaired) electrons. The normalized spacial score (nSPS) is 16.0. The molecule has 19 nitrogen and oxygen atoms in total. The van der Waals surface area contributed by atoms with E-state index in [1.807, 2.05) is 0 Å². The highest BCUT2D eigenvalue weighted by Gasteiger charge is 2.61. The van der Waals surface area contributed by atoms with Crippen LogP contribution >= 0.6 is 0 Å². The van der Waals surface area contributed by atoms with E-state index in [1.165, 1.54) is 45.4 Å². The second kappa shape index (κ2) is 34.4. The lowest BCUT2D eigenvalue weighted by Gasteiger charge is -2.15. The lowest BCUT2D eigenvalue weighted by atomic mass is 10.0. The zero-order valence-corrected chi connectivity index (χ0v) is 36.1. The van der Waals surface area contributed by atoms with E-state index < -0.39 is 41.3 Å². The Morgan fingerprint density at radius 1 is 0.557 bits per heavy atom. The summed E-state index contributed by atoms with van der Waals surface area (Å²) in [5, 5.41) is 37.9. The number of hydrogen-bond donors (Lipinski definition) is 7. The van der Waals surface area contributed by atoms with Crippen molar-refractivity contribution in [3.63, 3.8) is 0 Å². The summed E-state index contributed by atoms with van der Waals surface area (Å²) in [4.78, 5) is 93.5. The molecular formula is C42H72N4O15. The van der Waals surface area contributed by atoms with Crippen LogP contribution in [-0.2, 0) is 57.3 Å². The first-order valence-corrected chi connectivity index (χ1v) is 21.9. The van der Waals surface area contributed by atoms with Gasteiger partial charge in [-0.1, -0.05) is 77.0 Å². The molecule has 1 aliphatic rings. The van der Waals surface area contributed by atoms with Crippen LogP contribution in [0.25, 0.3) is 0 Å². The minimum absolute atomic E-state index is 0.00823. The topological polar surface area (TPSA) is 282 Å². The van der Waals surface area contributed by atoms with Crippen molar-refractivity contribution in [1.82, 2.24) is 21.3 Å². The summed E-state index contributed by atoms with van der Waals surface area (Å²) >= 11 is 0. The molecule has 0 saturated heterocycles. The van der Waals surface area contributed by atoms with E-state index in [-0.39, 0.29) is 128 Å². The Labute approximate surface area is 359 Å². The summed E-state index contributed by atoms with van der Waals surface area (Å²) in [6.07, 6.45) is 15.7. The Kier molecular flexibility index (Phi) is 30.9. The Hall–Kier alpha value is -4.20. The Morgan fingerprint density at radius 3 is 1.49 bits per heavy atom. The molecule has 7 N–H and O–H groups in total. The van der Waals surface area contributed by atoms with Gasteiger partial charge in [0.25, 0.3) is 0 Å². The number of nitrogens with one attached hydrogen (secondary N) is 4. The van der Waals surface area contributed by atoms with Crippen molar-refractivity contribution in [1.29, 1.82) is 0 Å². The Morgan fingerprint density at radius 2 is 1.02 bits per heavy atom. The first-order valence-electron chi connectivity index (χ1n) is 21.9. The largest absolute Gasteiger partial charge is 0.481 e. The van der Waals surface area contributed by atoms with Gasteiger partial charge in [0.1, 0.15) is 30.6 Å². The van der Waals surface area contributed by atoms with Crippen molar-refractivity contribution in [3.05, 3.63) is 0 Å². The van der Waals surface area contributed by atoms with E-state index in [2.05, 4.69) is 21.3 Å². The molecule has 1 fully saturated rings. The van der Waals surface area contributed by atoms with Crippen LogP contribution in [0.3, 0.4) is 0 Å². The van der Waals surface area contributed by atoms with Gasteiger partial charge in [-0.05, 0) is 32.6 Å². The molecule has 0 aromatic rings. The number of amides is 4. The number of ether oxygens (including phenoxy) is 4. The molecule has 0 heterocycles. The highest BCUT2D eigenvalue weighted by molar-refractivity contribution is 5.91. The van der Waals surface area contributed by atoms with Gasteiger partial charge in [0.15, 0.2) is 0 Å². The van der Waals surface area contributed by atoms with Crippen LogP contribution in [0, 0.1) is 5.92 Å². The van der Waals surface area contributed by atoms with E-state index in [4.69, 9.17) is 29.2 Å². The van der Waals surface area contributed by atoms with Gasteiger partial charge in [0, 0.05) is 44.7 Å². The fourth-order valence-electron chi connectivity index (χ4n) is 6.52. The average Bonchev–Trinajstić information content (AvgIpc) is 3.89. The summed E-state index contributed by atoms with van der Waals surface area (Å²) in [5.74, 6) is -5.40. The number of Topliss-reactive ketones (excluding diaryl/α,β-unsaturated/α-hetero) is 1. The zero-order valence-electron chi connectivity index (χ0n) is 36.1. The fraction of sp³-hybridized carbons (Fsp3) is 0.810. The first kappa shape index (κ1) is 54.8. The predicted octanol–water partition coefficient (Wildman–Crippen LogP) is 2.90. The van der Waals surface area contributed by atoms with Crippen LogP contribution in [0.5, 0.6) is 0 Å². The molecular weight excluding hydrogens is 800 g/mol. The molecule has 0 bridgehead atoms. The van der Waals surface area contributed by atoms with Gasteiger partial charge in [0.05, 0.1) is 39.6 Å². The number of unbranched alkanes of at least 4 members (excludes halogenated alkanes) is 13. The molecule has 61 heavy (non-hydrogen) atoms.